The highest BCUT2D eigenvalue weighted by molar-refractivity contribution is 8.26. The fourth-order valence-corrected chi connectivity index (χ4v) is 9.93. The van der Waals surface area contributed by atoms with Crippen molar-refractivity contribution in [1.82, 2.24) is 10.0 Å². The summed E-state index contributed by atoms with van der Waals surface area (Å²) in [6.45, 7) is 11.5. The molecule has 3 heterocycles. The Bertz CT molecular complexity index is 1660. The largest absolute Gasteiger partial charge is 0.459 e. The van der Waals surface area contributed by atoms with E-state index in [1.807, 2.05) is 19.9 Å². The van der Waals surface area contributed by atoms with E-state index in [1.54, 1.807) is 0 Å². The SMILES string of the molecule is C=C(C)C(=O)OCCOC(=O)C(C#N)=C1Sc2c(OC(C)=O)c3c(c(OC(C)=O)c2S1)SC(=C1C(=O)N(CCCC)N(CCCC)C1=O)S3. The van der Waals surface area contributed by atoms with Gasteiger partial charge in [-0.3, -0.25) is 19.2 Å². The van der Waals surface area contributed by atoms with Gasteiger partial charge in [-0.1, -0.05) is 80.3 Å². The standard InChI is InChI=1S/C32H33N3O10S4/c1-7-9-11-34-27(38)20(28(39)35(34)12-10-8-2)32-48-25-21(44-17(5)36)23-24(22(26(25)49-32)45-18(6)37)47-31(46-23)19(15-33)30(41)43-14-13-42-29(40)16(3)4/h3,7-14H2,1-2,4-6H3. The van der Waals surface area contributed by atoms with Crippen molar-refractivity contribution >= 4 is 82.7 Å². The number of carbonyl (C=O) groups excluding carboxylic acids is 6. The third-order valence-electron chi connectivity index (χ3n) is 6.77. The van der Waals surface area contributed by atoms with Gasteiger partial charge in [0.1, 0.15) is 24.9 Å². The lowest BCUT2D eigenvalue weighted by Crippen LogP contribution is -2.42. The first kappa shape index (κ1) is 38.0. The molecule has 1 aromatic rings. The molecule has 260 valence electrons. The second-order valence-corrected chi connectivity index (χ2v) is 15.2. The molecule has 0 spiro atoms. The van der Waals surface area contributed by atoms with E-state index < -0.39 is 35.7 Å². The second kappa shape index (κ2) is 16.7. The molecular weight excluding hydrogens is 715 g/mol. The van der Waals surface area contributed by atoms with Crippen molar-refractivity contribution < 1.29 is 47.7 Å². The van der Waals surface area contributed by atoms with Crippen LogP contribution < -0.4 is 9.47 Å². The minimum Gasteiger partial charge on any atom is -0.459 e. The van der Waals surface area contributed by atoms with Crippen molar-refractivity contribution in [1.29, 1.82) is 5.26 Å². The molecule has 0 radical (unpaired) electrons. The zero-order valence-electron chi connectivity index (χ0n) is 27.4. The zero-order chi connectivity index (χ0) is 36.0. The number of hydrogen-bond acceptors (Lipinski definition) is 15. The maximum absolute atomic E-state index is 13.7. The predicted molar refractivity (Wildman–Crippen MR) is 182 cm³/mol. The zero-order valence-corrected chi connectivity index (χ0v) is 30.7. The summed E-state index contributed by atoms with van der Waals surface area (Å²) >= 11 is 3.97. The number of fused-ring (bicyclic) bond motifs is 2. The number of carbonyl (C=O) groups is 6. The number of amides is 2. The molecule has 0 atom stereocenters. The maximum Gasteiger partial charge on any atom is 0.350 e. The van der Waals surface area contributed by atoms with Gasteiger partial charge in [-0.15, -0.1) is 0 Å². The predicted octanol–water partition coefficient (Wildman–Crippen LogP) is 5.73. The summed E-state index contributed by atoms with van der Waals surface area (Å²) in [5, 5.41) is 12.9. The number of nitrogens with zero attached hydrogens (tertiary/aromatic N) is 3. The summed E-state index contributed by atoms with van der Waals surface area (Å²) in [6, 6.07) is 1.84. The molecule has 2 amide bonds. The van der Waals surface area contributed by atoms with Crippen molar-refractivity contribution in [3.8, 4) is 17.6 Å². The number of hydrogen-bond donors (Lipinski definition) is 0. The maximum atomic E-state index is 13.7. The van der Waals surface area contributed by atoms with Crippen LogP contribution in [0.1, 0.15) is 60.3 Å². The lowest BCUT2D eigenvalue weighted by molar-refractivity contribution is -0.147. The third-order valence-corrected chi connectivity index (χ3v) is 12.0. The van der Waals surface area contributed by atoms with Gasteiger partial charge in [-0.2, -0.15) is 5.26 Å². The summed E-state index contributed by atoms with van der Waals surface area (Å²) in [5.74, 6) is -3.73. The number of rotatable bonds is 13. The van der Waals surface area contributed by atoms with Crippen LogP contribution >= 0.6 is 47.0 Å². The molecule has 0 bridgehead atoms. The van der Waals surface area contributed by atoms with Crippen molar-refractivity contribution in [2.45, 2.75) is 79.9 Å². The van der Waals surface area contributed by atoms with Gasteiger partial charge in [-0.05, 0) is 19.8 Å². The highest BCUT2D eigenvalue weighted by Crippen LogP contribution is 2.68. The topological polar surface area (TPSA) is 170 Å². The second-order valence-electron chi connectivity index (χ2n) is 10.6. The molecule has 1 aromatic carbocycles. The monoisotopic (exact) mass is 747 g/mol. The molecule has 13 nitrogen and oxygen atoms in total. The minimum atomic E-state index is -0.985. The summed E-state index contributed by atoms with van der Waals surface area (Å²) in [6.07, 6.45) is 3.06. The Hall–Kier alpha value is -3.85. The van der Waals surface area contributed by atoms with E-state index >= 15 is 0 Å². The molecule has 49 heavy (non-hydrogen) atoms. The summed E-state index contributed by atoms with van der Waals surface area (Å²) in [5.41, 5.74) is -0.221. The van der Waals surface area contributed by atoms with E-state index in [9.17, 15) is 34.0 Å². The van der Waals surface area contributed by atoms with Gasteiger partial charge in [0.25, 0.3) is 11.8 Å². The molecule has 1 saturated heterocycles. The van der Waals surface area contributed by atoms with Gasteiger partial charge in [0.2, 0.25) is 0 Å². The van der Waals surface area contributed by atoms with Crippen molar-refractivity contribution in [3.05, 3.63) is 31.8 Å². The number of unbranched alkanes of at least 4 members (excludes halogenated alkanes) is 2. The molecule has 0 saturated carbocycles. The van der Waals surface area contributed by atoms with Crippen LogP contribution in [0.4, 0.5) is 0 Å². The van der Waals surface area contributed by atoms with Crippen molar-refractivity contribution in [2.24, 2.45) is 0 Å². The summed E-state index contributed by atoms with van der Waals surface area (Å²) in [7, 11) is 0. The molecule has 17 heteroatoms. The van der Waals surface area contributed by atoms with Crippen molar-refractivity contribution in [2.75, 3.05) is 26.3 Å². The first-order valence-electron chi connectivity index (χ1n) is 15.2. The number of esters is 4. The minimum absolute atomic E-state index is 0.0227. The van der Waals surface area contributed by atoms with Crippen LogP contribution in [0.25, 0.3) is 0 Å². The Morgan fingerprint density at radius 1 is 0.735 bits per heavy atom. The molecule has 3 aliphatic heterocycles. The van der Waals surface area contributed by atoms with Gasteiger partial charge in [0, 0.05) is 32.5 Å². The fraction of sp³-hybridized carbons (Fsp3) is 0.406. The van der Waals surface area contributed by atoms with Gasteiger partial charge in [0.15, 0.2) is 17.1 Å². The van der Waals surface area contributed by atoms with E-state index in [0.717, 1.165) is 59.9 Å². The summed E-state index contributed by atoms with van der Waals surface area (Å²) in [4.78, 5) is 77.9. The van der Waals surface area contributed by atoms with Crippen LogP contribution in [0.2, 0.25) is 0 Å². The number of hydrazine groups is 1. The van der Waals surface area contributed by atoms with Crippen molar-refractivity contribution in [3.63, 3.8) is 0 Å². The number of thioether (sulfide) groups is 4. The van der Waals surface area contributed by atoms with E-state index in [4.69, 9.17) is 18.9 Å². The van der Waals surface area contributed by atoms with Crippen LogP contribution in [0.15, 0.2) is 51.4 Å². The van der Waals surface area contributed by atoms with Gasteiger partial charge in [0.05, 0.1) is 28.1 Å². The highest BCUT2D eigenvalue weighted by atomic mass is 32.2. The van der Waals surface area contributed by atoms with Gasteiger partial charge >= 0.3 is 23.9 Å². The van der Waals surface area contributed by atoms with E-state index in [2.05, 4.69) is 6.58 Å². The van der Waals surface area contributed by atoms with Gasteiger partial charge in [-0.25, -0.2) is 19.6 Å². The molecule has 0 aromatic heterocycles. The quantitative estimate of drug-likeness (QED) is 0.0598. The van der Waals surface area contributed by atoms with Crippen LogP contribution in [-0.4, -0.2) is 72.0 Å². The number of benzene rings is 1. The molecule has 1 fully saturated rings. The van der Waals surface area contributed by atoms with Crippen LogP contribution in [0.3, 0.4) is 0 Å². The lowest BCUT2D eigenvalue weighted by Gasteiger charge is -2.27. The Labute approximate surface area is 300 Å². The number of ether oxygens (including phenoxy) is 4. The van der Waals surface area contributed by atoms with Crippen LogP contribution in [0, 0.1) is 11.3 Å². The molecule has 0 unspecified atom stereocenters. The first-order valence-corrected chi connectivity index (χ1v) is 18.4. The third kappa shape index (κ3) is 8.31. The lowest BCUT2D eigenvalue weighted by atomic mass is 10.3. The Balaban J connectivity index is 1.75. The summed E-state index contributed by atoms with van der Waals surface area (Å²) < 4.78 is 21.9. The molecule has 0 aliphatic carbocycles. The normalized spacial score (nSPS) is 14.8. The molecular formula is C32H33N3O10S4. The average molecular weight is 748 g/mol. The molecule has 4 rings (SSSR count). The highest BCUT2D eigenvalue weighted by Gasteiger charge is 2.46. The van der Waals surface area contributed by atoms with Gasteiger partial charge < -0.3 is 18.9 Å². The Morgan fingerprint density at radius 2 is 1.16 bits per heavy atom. The Kier molecular flexibility index (Phi) is 12.9. The van der Waals surface area contributed by atoms with Crippen LogP contribution in [0.5, 0.6) is 11.5 Å². The first-order chi connectivity index (χ1) is 23.3. The van der Waals surface area contributed by atoms with E-state index in [-0.39, 0.29) is 45.7 Å². The van der Waals surface area contributed by atoms with Crippen LogP contribution in [-0.2, 0) is 38.2 Å². The van der Waals surface area contributed by atoms with E-state index in [1.165, 1.54) is 30.8 Å². The van der Waals surface area contributed by atoms with E-state index in [0.29, 0.717) is 49.8 Å². The smallest absolute Gasteiger partial charge is 0.350 e. The number of nitriles is 1. The average Bonchev–Trinajstić information content (AvgIpc) is 3.73. The Morgan fingerprint density at radius 3 is 1.55 bits per heavy atom. The molecule has 0 N–H and O–H groups in total. The molecule has 3 aliphatic rings. The fourth-order valence-electron chi connectivity index (χ4n) is 4.52.